The molecule has 8 heteroatoms. The number of rotatable bonds is 10. The number of benzene rings is 4. The fourth-order valence-electron chi connectivity index (χ4n) is 7.05. The molecule has 1 aliphatic carbocycles. The Morgan fingerprint density at radius 2 is 1.37 bits per heavy atom. The quantitative estimate of drug-likeness (QED) is 0.181. The predicted molar refractivity (Wildman–Crippen MR) is 174 cm³/mol. The third-order valence-corrected chi connectivity index (χ3v) is 9.33. The van der Waals surface area contributed by atoms with E-state index in [9.17, 15) is 22.8 Å². The van der Waals surface area contributed by atoms with E-state index in [1.165, 1.54) is 0 Å². The van der Waals surface area contributed by atoms with Gasteiger partial charge in [-0.15, -0.1) is 0 Å². The van der Waals surface area contributed by atoms with E-state index in [0.29, 0.717) is 18.4 Å². The Balaban J connectivity index is 1.05. The predicted octanol–water partition coefficient (Wildman–Crippen LogP) is 7.36. The standard InChI is InChI=1S/C38H38F3N3O2/c39-38(40,41)26-42-36(46)37(33-17-6-4-15-31(33)32-16-5-7-18-34(32)37)21-8-9-22-44-23-19-30(20-24-44)43-35(45)29-14-10-13-28(25-29)27-11-2-1-3-12-27/h1-7,10-18,25,30H,8-9,19-24,26H2,(H,42,46)(H,43,45). The Hall–Kier alpha value is -4.43. The number of nitrogens with zero attached hydrogens (tertiary/aromatic N) is 1. The lowest BCUT2D eigenvalue weighted by Crippen LogP contribution is -2.47. The first kappa shape index (κ1) is 31.5. The van der Waals surface area contributed by atoms with E-state index < -0.39 is 24.0 Å². The number of fused-ring (bicyclic) bond motifs is 3. The van der Waals surface area contributed by atoms with Crippen LogP contribution in [0.15, 0.2) is 103 Å². The highest BCUT2D eigenvalue weighted by molar-refractivity contribution is 6.00. The molecule has 0 aromatic heterocycles. The summed E-state index contributed by atoms with van der Waals surface area (Å²) in [5, 5.41) is 5.42. The Bertz CT molecular complexity index is 1630. The van der Waals surface area contributed by atoms with Crippen molar-refractivity contribution in [1.29, 1.82) is 0 Å². The summed E-state index contributed by atoms with van der Waals surface area (Å²) in [5.74, 6) is -0.671. The van der Waals surface area contributed by atoms with Crippen molar-refractivity contribution < 1.29 is 22.8 Å². The average Bonchev–Trinajstić information content (AvgIpc) is 3.37. The van der Waals surface area contributed by atoms with Crippen molar-refractivity contribution in [2.45, 2.75) is 49.7 Å². The van der Waals surface area contributed by atoms with Crippen LogP contribution in [0.1, 0.15) is 53.6 Å². The van der Waals surface area contributed by atoms with E-state index in [1.54, 1.807) is 0 Å². The van der Waals surface area contributed by atoms with E-state index in [4.69, 9.17) is 0 Å². The summed E-state index contributed by atoms with van der Waals surface area (Å²) in [6.07, 6.45) is -0.909. The summed E-state index contributed by atoms with van der Waals surface area (Å²) in [6, 6.07) is 32.9. The number of unbranched alkanes of at least 4 members (excludes halogenated alkanes) is 1. The van der Waals surface area contributed by atoms with Crippen LogP contribution in [0.25, 0.3) is 22.3 Å². The summed E-state index contributed by atoms with van der Waals surface area (Å²) in [7, 11) is 0. The average molecular weight is 626 g/mol. The first-order valence-corrected chi connectivity index (χ1v) is 16.0. The lowest BCUT2D eigenvalue weighted by molar-refractivity contribution is -0.141. The van der Waals surface area contributed by atoms with Gasteiger partial charge in [-0.3, -0.25) is 9.59 Å². The van der Waals surface area contributed by atoms with Crippen molar-refractivity contribution in [2.75, 3.05) is 26.2 Å². The molecule has 0 bridgehead atoms. The van der Waals surface area contributed by atoms with Gasteiger partial charge in [0.15, 0.2) is 0 Å². The molecule has 4 aromatic carbocycles. The van der Waals surface area contributed by atoms with Gasteiger partial charge in [0.2, 0.25) is 5.91 Å². The van der Waals surface area contributed by atoms with Crippen molar-refractivity contribution >= 4 is 11.8 Å². The second-order valence-corrected chi connectivity index (χ2v) is 12.3. The molecule has 46 heavy (non-hydrogen) atoms. The largest absolute Gasteiger partial charge is 0.405 e. The Morgan fingerprint density at radius 1 is 0.761 bits per heavy atom. The smallest absolute Gasteiger partial charge is 0.349 e. The van der Waals surface area contributed by atoms with Crippen LogP contribution in [-0.2, 0) is 10.2 Å². The molecule has 1 saturated heterocycles. The number of carbonyl (C=O) groups is 2. The minimum atomic E-state index is -4.49. The normalized spacial score (nSPS) is 16.0. The van der Waals surface area contributed by atoms with E-state index in [0.717, 1.165) is 72.3 Å². The molecule has 2 aliphatic rings. The van der Waals surface area contributed by atoms with E-state index in [-0.39, 0.29) is 11.9 Å². The van der Waals surface area contributed by atoms with Gasteiger partial charge in [0, 0.05) is 24.7 Å². The van der Waals surface area contributed by atoms with Gasteiger partial charge < -0.3 is 15.5 Å². The summed E-state index contributed by atoms with van der Waals surface area (Å²) >= 11 is 0. The number of piperidine rings is 1. The highest BCUT2D eigenvalue weighted by Gasteiger charge is 2.49. The molecule has 0 atom stereocenters. The Labute approximate surface area is 267 Å². The minimum absolute atomic E-state index is 0.0672. The number of hydrogen-bond donors (Lipinski definition) is 2. The molecular formula is C38H38F3N3O2. The Kier molecular flexibility index (Phi) is 9.27. The fraction of sp³-hybridized carbons (Fsp3) is 0.316. The van der Waals surface area contributed by atoms with Gasteiger partial charge in [0.25, 0.3) is 5.91 Å². The second-order valence-electron chi connectivity index (χ2n) is 12.3. The molecule has 0 saturated carbocycles. The summed E-state index contributed by atoms with van der Waals surface area (Å²) in [5.41, 5.74) is 4.88. The van der Waals surface area contributed by atoms with E-state index >= 15 is 0 Å². The van der Waals surface area contributed by atoms with Gasteiger partial charge in [-0.25, -0.2) is 0 Å². The Morgan fingerprint density at radius 3 is 2.02 bits per heavy atom. The van der Waals surface area contributed by atoms with Crippen LogP contribution >= 0.6 is 0 Å². The number of nitrogens with one attached hydrogen (secondary N) is 2. The third-order valence-electron chi connectivity index (χ3n) is 9.33. The molecule has 5 nitrogen and oxygen atoms in total. The van der Waals surface area contributed by atoms with Crippen LogP contribution in [0.4, 0.5) is 13.2 Å². The number of amides is 2. The maximum atomic E-state index is 13.7. The van der Waals surface area contributed by atoms with Crippen molar-refractivity contribution in [3.05, 3.63) is 120 Å². The highest BCUT2D eigenvalue weighted by atomic mass is 19.4. The molecule has 2 N–H and O–H groups in total. The summed E-state index contributed by atoms with van der Waals surface area (Å²) in [4.78, 5) is 29.1. The molecule has 0 radical (unpaired) electrons. The number of carbonyl (C=O) groups excluding carboxylic acids is 2. The number of likely N-dealkylation sites (tertiary alicyclic amines) is 1. The van der Waals surface area contributed by atoms with Gasteiger partial charge in [-0.05, 0) is 77.7 Å². The second kappa shape index (κ2) is 13.5. The highest BCUT2D eigenvalue weighted by Crippen LogP contribution is 2.51. The molecule has 2 amide bonds. The molecule has 0 spiro atoms. The number of hydrogen-bond acceptors (Lipinski definition) is 3. The van der Waals surface area contributed by atoms with Gasteiger partial charge in [0.05, 0.1) is 0 Å². The van der Waals surface area contributed by atoms with Gasteiger partial charge >= 0.3 is 6.18 Å². The lowest BCUT2D eigenvalue weighted by atomic mass is 9.73. The molecule has 4 aromatic rings. The van der Waals surface area contributed by atoms with Gasteiger partial charge in [0.1, 0.15) is 12.0 Å². The van der Waals surface area contributed by atoms with Crippen molar-refractivity contribution in [2.24, 2.45) is 0 Å². The monoisotopic (exact) mass is 625 g/mol. The van der Waals surface area contributed by atoms with Crippen molar-refractivity contribution in [3.63, 3.8) is 0 Å². The zero-order valence-electron chi connectivity index (χ0n) is 25.7. The van der Waals surface area contributed by atoms with Gasteiger partial charge in [-0.2, -0.15) is 13.2 Å². The summed E-state index contributed by atoms with van der Waals surface area (Å²) < 4.78 is 39.5. The van der Waals surface area contributed by atoms with Crippen LogP contribution in [-0.4, -0.2) is 55.1 Å². The van der Waals surface area contributed by atoms with E-state index in [2.05, 4.69) is 15.5 Å². The molecule has 0 unspecified atom stereocenters. The minimum Gasteiger partial charge on any atom is -0.349 e. The zero-order chi connectivity index (χ0) is 32.1. The van der Waals surface area contributed by atoms with Crippen LogP contribution in [0.3, 0.4) is 0 Å². The molecule has 6 rings (SSSR count). The topological polar surface area (TPSA) is 61.4 Å². The van der Waals surface area contributed by atoms with Crippen LogP contribution in [0, 0.1) is 0 Å². The third kappa shape index (κ3) is 6.72. The molecule has 1 heterocycles. The maximum Gasteiger partial charge on any atom is 0.405 e. The molecular weight excluding hydrogens is 587 g/mol. The maximum absolute atomic E-state index is 13.7. The van der Waals surface area contributed by atoms with Crippen LogP contribution < -0.4 is 10.6 Å². The van der Waals surface area contributed by atoms with Crippen molar-refractivity contribution in [1.82, 2.24) is 15.5 Å². The fourth-order valence-corrected chi connectivity index (χ4v) is 7.05. The number of alkyl halides is 3. The molecule has 1 aliphatic heterocycles. The van der Waals surface area contributed by atoms with Gasteiger partial charge in [-0.1, -0.05) is 97.4 Å². The zero-order valence-corrected chi connectivity index (χ0v) is 25.7. The lowest BCUT2D eigenvalue weighted by Gasteiger charge is -2.33. The number of halogens is 3. The molecule has 1 fully saturated rings. The van der Waals surface area contributed by atoms with E-state index in [1.807, 2.05) is 103 Å². The summed E-state index contributed by atoms with van der Waals surface area (Å²) in [6.45, 7) is 1.15. The van der Waals surface area contributed by atoms with Crippen LogP contribution in [0.2, 0.25) is 0 Å². The SMILES string of the molecule is O=C(NC1CCN(CCCCC2(C(=O)NCC(F)(F)F)c3ccccc3-c3ccccc32)CC1)c1cccc(-c2ccccc2)c1. The molecule has 238 valence electrons. The first-order chi connectivity index (χ1) is 22.2. The first-order valence-electron chi connectivity index (χ1n) is 16.0. The van der Waals surface area contributed by atoms with Crippen molar-refractivity contribution in [3.8, 4) is 22.3 Å². The van der Waals surface area contributed by atoms with Crippen LogP contribution in [0.5, 0.6) is 0 Å².